The van der Waals surface area contributed by atoms with Crippen molar-refractivity contribution < 1.29 is 24.2 Å². The molecule has 0 spiro atoms. The number of rotatable bonds is 3. The number of carbonyl (C=O) groups excluding carboxylic acids is 2. The number of aliphatic carboxylic acids is 1. The van der Waals surface area contributed by atoms with Crippen LogP contribution in [0.4, 0.5) is 0 Å². The molecule has 148 valence electrons. The molecule has 6 unspecified atom stereocenters. The van der Waals surface area contributed by atoms with Crippen LogP contribution in [0.15, 0.2) is 46.6 Å². The highest BCUT2D eigenvalue weighted by atomic mass is 16.5. The zero-order valence-corrected chi connectivity index (χ0v) is 16.5. The molecular formula is C23H26O5. The van der Waals surface area contributed by atoms with E-state index in [0.29, 0.717) is 18.6 Å². The van der Waals surface area contributed by atoms with Crippen LogP contribution in [-0.4, -0.2) is 35.4 Å². The summed E-state index contributed by atoms with van der Waals surface area (Å²) in [6.07, 6.45) is 8.30. The summed E-state index contributed by atoms with van der Waals surface area (Å²) in [6, 6.07) is 0. The predicted molar refractivity (Wildman–Crippen MR) is 103 cm³/mol. The first-order chi connectivity index (χ1) is 13.3. The summed E-state index contributed by atoms with van der Waals surface area (Å²) in [4.78, 5) is 37.8. The van der Waals surface area contributed by atoms with Crippen LogP contribution in [0.1, 0.15) is 33.6 Å². The monoisotopic (exact) mass is 382 g/mol. The van der Waals surface area contributed by atoms with Gasteiger partial charge in [-0.25, -0.2) is 0 Å². The molecule has 5 nitrogen and oxygen atoms in total. The number of allylic oxidation sites excluding steroid dienone is 5. The second-order valence-corrected chi connectivity index (χ2v) is 8.50. The van der Waals surface area contributed by atoms with Gasteiger partial charge in [0, 0.05) is 29.6 Å². The molecule has 1 N–H and O–H groups in total. The largest absolute Gasteiger partial charge is 0.481 e. The van der Waals surface area contributed by atoms with E-state index in [1.54, 1.807) is 13.0 Å². The molecule has 0 aromatic heterocycles. The van der Waals surface area contributed by atoms with Gasteiger partial charge in [-0.05, 0) is 50.2 Å². The lowest BCUT2D eigenvalue weighted by Gasteiger charge is -2.34. The van der Waals surface area contributed by atoms with Crippen molar-refractivity contribution in [1.29, 1.82) is 0 Å². The molecule has 1 saturated heterocycles. The number of Topliss-reactive ketones (excluding diaryl/α,β-unsaturated/α-hetero) is 1. The fraction of sp³-hybridized carbons (Fsp3) is 0.522. The average Bonchev–Trinajstić information content (AvgIpc) is 3.16. The van der Waals surface area contributed by atoms with Gasteiger partial charge in [0.05, 0.1) is 12.0 Å². The number of ketones is 2. The molecule has 4 aliphatic rings. The summed E-state index contributed by atoms with van der Waals surface area (Å²) in [5.41, 5.74) is 2.87. The van der Waals surface area contributed by atoms with Gasteiger partial charge in [-0.3, -0.25) is 14.4 Å². The lowest BCUT2D eigenvalue weighted by Crippen LogP contribution is -2.39. The third-order valence-electron chi connectivity index (χ3n) is 6.88. The molecule has 0 amide bonds. The Balaban J connectivity index is 1.78. The van der Waals surface area contributed by atoms with Crippen LogP contribution in [0.2, 0.25) is 0 Å². The minimum absolute atomic E-state index is 0.00316. The van der Waals surface area contributed by atoms with E-state index in [2.05, 4.69) is 0 Å². The maximum atomic E-state index is 12.9. The second kappa shape index (κ2) is 6.96. The smallest absolute Gasteiger partial charge is 0.311 e. The van der Waals surface area contributed by atoms with Crippen LogP contribution in [0, 0.1) is 29.6 Å². The van der Waals surface area contributed by atoms with Crippen molar-refractivity contribution in [2.24, 2.45) is 29.6 Å². The zero-order valence-electron chi connectivity index (χ0n) is 16.5. The number of carboxylic acid groups (broad SMARTS) is 1. The van der Waals surface area contributed by atoms with E-state index in [1.165, 1.54) is 0 Å². The molecule has 0 bridgehead atoms. The van der Waals surface area contributed by atoms with Crippen molar-refractivity contribution in [3.05, 3.63) is 46.6 Å². The van der Waals surface area contributed by atoms with Crippen molar-refractivity contribution in [2.75, 3.05) is 6.61 Å². The van der Waals surface area contributed by atoms with E-state index in [9.17, 15) is 19.5 Å². The van der Waals surface area contributed by atoms with Crippen molar-refractivity contribution in [2.45, 2.75) is 39.7 Å². The SMILES string of the molecule is CC1=CC(=O)C2=CCC(C(C(=O)O)C3=C(C)C=CC(C)C3=O)C3CCOC3C12. The summed E-state index contributed by atoms with van der Waals surface area (Å²) in [5, 5.41) is 10.2. The third kappa shape index (κ3) is 2.84. The Morgan fingerprint density at radius 2 is 2.04 bits per heavy atom. The lowest BCUT2D eigenvalue weighted by molar-refractivity contribution is -0.144. The maximum Gasteiger partial charge on any atom is 0.311 e. The van der Waals surface area contributed by atoms with Crippen molar-refractivity contribution >= 4 is 17.5 Å². The Labute approximate surface area is 164 Å². The van der Waals surface area contributed by atoms with Crippen molar-refractivity contribution in [1.82, 2.24) is 0 Å². The number of carboxylic acids is 1. The Bertz CT molecular complexity index is 871. The van der Waals surface area contributed by atoms with Crippen molar-refractivity contribution in [3.63, 3.8) is 0 Å². The first-order valence-electron chi connectivity index (χ1n) is 10.0. The van der Waals surface area contributed by atoms with Crippen molar-refractivity contribution in [3.8, 4) is 0 Å². The first kappa shape index (κ1) is 19.1. The van der Waals surface area contributed by atoms with Gasteiger partial charge in [0.1, 0.15) is 0 Å². The maximum absolute atomic E-state index is 12.9. The van der Waals surface area contributed by atoms with E-state index in [0.717, 1.165) is 23.1 Å². The molecule has 0 radical (unpaired) electrons. The van der Waals surface area contributed by atoms with Crippen LogP contribution >= 0.6 is 0 Å². The Morgan fingerprint density at radius 3 is 2.75 bits per heavy atom. The molecule has 0 saturated carbocycles. The van der Waals surface area contributed by atoms with Gasteiger partial charge in [0.2, 0.25) is 0 Å². The molecule has 28 heavy (non-hydrogen) atoms. The highest BCUT2D eigenvalue weighted by Crippen LogP contribution is 2.49. The molecule has 1 fully saturated rings. The van der Waals surface area contributed by atoms with E-state index in [4.69, 9.17) is 4.74 Å². The number of carbonyl (C=O) groups is 3. The molecule has 5 heteroatoms. The molecule has 1 aliphatic heterocycles. The summed E-state index contributed by atoms with van der Waals surface area (Å²) in [6.45, 7) is 6.12. The van der Waals surface area contributed by atoms with E-state index in [-0.39, 0.29) is 41.3 Å². The fourth-order valence-electron chi connectivity index (χ4n) is 5.52. The molecular weight excluding hydrogens is 356 g/mol. The Kier molecular flexibility index (Phi) is 4.74. The summed E-state index contributed by atoms with van der Waals surface area (Å²) < 4.78 is 6.05. The van der Waals surface area contributed by atoms with Crippen LogP contribution in [-0.2, 0) is 19.1 Å². The van der Waals surface area contributed by atoms with Gasteiger partial charge in [-0.15, -0.1) is 0 Å². The summed E-state index contributed by atoms with van der Waals surface area (Å²) in [5.74, 6) is -2.62. The van der Waals surface area contributed by atoms with E-state index >= 15 is 0 Å². The van der Waals surface area contributed by atoms with Gasteiger partial charge in [0.15, 0.2) is 11.6 Å². The topological polar surface area (TPSA) is 80.7 Å². The standard InChI is InChI=1S/C23H26O5/c1-11-4-5-12(2)21(25)19(11)20(23(26)27)14-6-7-16-17(24)10-13(3)18(16)22-15(14)8-9-28-22/h4-5,7,10,12,14-15,18,20,22H,6,8-9H2,1-3H3,(H,26,27). The number of ether oxygens (including phenoxy) is 1. The number of hydrogen-bond donors (Lipinski definition) is 1. The minimum atomic E-state index is -0.968. The Morgan fingerprint density at radius 1 is 1.29 bits per heavy atom. The average molecular weight is 382 g/mol. The number of hydrogen-bond acceptors (Lipinski definition) is 4. The number of fused-ring (bicyclic) bond motifs is 3. The predicted octanol–water partition coefficient (Wildman–Crippen LogP) is 3.28. The molecule has 0 aromatic rings. The minimum Gasteiger partial charge on any atom is -0.481 e. The lowest BCUT2D eigenvalue weighted by atomic mass is 9.69. The van der Waals surface area contributed by atoms with Gasteiger partial charge in [0.25, 0.3) is 0 Å². The second-order valence-electron chi connectivity index (χ2n) is 8.50. The molecule has 3 aliphatic carbocycles. The van der Waals surface area contributed by atoms with Gasteiger partial charge in [-0.2, -0.15) is 0 Å². The van der Waals surface area contributed by atoms with Crippen LogP contribution < -0.4 is 0 Å². The first-order valence-corrected chi connectivity index (χ1v) is 10.0. The molecule has 1 heterocycles. The third-order valence-corrected chi connectivity index (χ3v) is 6.88. The quantitative estimate of drug-likeness (QED) is 0.810. The molecule has 0 aromatic carbocycles. The van der Waals surface area contributed by atoms with Crippen LogP contribution in [0.5, 0.6) is 0 Å². The normalized spacial score (nSPS) is 35.9. The Hall–Kier alpha value is -2.27. The molecule has 6 atom stereocenters. The summed E-state index contributed by atoms with van der Waals surface area (Å²) >= 11 is 0. The van der Waals surface area contributed by atoms with Crippen LogP contribution in [0.3, 0.4) is 0 Å². The highest BCUT2D eigenvalue weighted by molar-refractivity contribution is 6.08. The van der Waals surface area contributed by atoms with Gasteiger partial charge in [-0.1, -0.05) is 30.7 Å². The van der Waals surface area contributed by atoms with E-state index < -0.39 is 11.9 Å². The van der Waals surface area contributed by atoms with E-state index in [1.807, 2.05) is 32.1 Å². The van der Waals surface area contributed by atoms with Gasteiger partial charge < -0.3 is 9.84 Å². The van der Waals surface area contributed by atoms with Gasteiger partial charge >= 0.3 is 5.97 Å². The molecule has 4 rings (SSSR count). The zero-order chi connectivity index (χ0) is 20.2. The van der Waals surface area contributed by atoms with Crippen LogP contribution in [0.25, 0.3) is 0 Å². The highest BCUT2D eigenvalue weighted by Gasteiger charge is 2.50. The fourth-order valence-corrected chi connectivity index (χ4v) is 5.52. The summed E-state index contributed by atoms with van der Waals surface area (Å²) in [7, 11) is 0.